The molecule has 9 heteroatoms. The first-order valence-corrected chi connectivity index (χ1v) is 13.4. The maximum Gasteiger partial charge on any atom is 0.230 e. The van der Waals surface area contributed by atoms with E-state index < -0.39 is 0 Å². The number of nitrogens with one attached hydrogen (secondary N) is 1. The van der Waals surface area contributed by atoms with Gasteiger partial charge in [-0.05, 0) is 56.2 Å². The zero-order valence-corrected chi connectivity index (χ0v) is 21.2. The smallest absolute Gasteiger partial charge is 0.230 e. The summed E-state index contributed by atoms with van der Waals surface area (Å²) in [6, 6.07) is 16.2. The zero-order valence-electron chi connectivity index (χ0n) is 19.5. The van der Waals surface area contributed by atoms with Gasteiger partial charge >= 0.3 is 0 Å². The van der Waals surface area contributed by atoms with E-state index in [1.54, 1.807) is 18.9 Å². The van der Waals surface area contributed by atoms with Crippen LogP contribution in [0.2, 0.25) is 0 Å². The van der Waals surface area contributed by atoms with Crippen molar-refractivity contribution in [3.8, 4) is 17.1 Å². The molecule has 1 fully saturated rings. The Labute approximate surface area is 209 Å². The molecule has 0 radical (unpaired) electrons. The quantitative estimate of drug-likeness (QED) is 0.309. The molecule has 1 aliphatic rings. The molecule has 1 amide bonds. The third-order valence-electron chi connectivity index (χ3n) is 5.52. The summed E-state index contributed by atoms with van der Waals surface area (Å²) in [5, 5.41) is 12.6. The standard InChI is InChI=1S/C25H30N4O3S2/c1-18-5-11-22(12-6-18)33-15-13-26-23(30)17-34-25-28-27-24(19-7-9-20(31-2)10-8-19)29(25)16-21-4-3-14-32-21/h5-12,21H,3-4,13-17H2,1-2H3,(H,26,30). The maximum absolute atomic E-state index is 12.4. The van der Waals surface area contributed by atoms with E-state index in [1.165, 1.54) is 22.2 Å². The number of aromatic nitrogens is 3. The van der Waals surface area contributed by atoms with Crippen molar-refractivity contribution >= 4 is 29.4 Å². The van der Waals surface area contributed by atoms with Crippen LogP contribution in [0.15, 0.2) is 58.6 Å². The van der Waals surface area contributed by atoms with Crippen molar-refractivity contribution in [1.82, 2.24) is 20.1 Å². The summed E-state index contributed by atoms with van der Waals surface area (Å²) in [6.45, 7) is 4.16. The summed E-state index contributed by atoms with van der Waals surface area (Å²) in [6.07, 6.45) is 2.22. The predicted molar refractivity (Wildman–Crippen MR) is 137 cm³/mol. The number of rotatable bonds is 11. The van der Waals surface area contributed by atoms with Gasteiger partial charge in [0.05, 0.1) is 25.5 Å². The number of amides is 1. The zero-order chi connectivity index (χ0) is 23.8. The number of methoxy groups -OCH3 is 1. The van der Waals surface area contributed by atoms with Crippen LogP contribution in [0, 0.1) is 6.92 Å². The van der Waals surface area contributed by atoms with Gasteiger partial charge in [0.25, 0.3) is 0 Å². The van der Waals surface area contributed by atoms with Crippen molar-refractivity contribution in [2.45, 2.75) is 42.5 Å². The lowest BCUT2D eigenvalue weighted by atomic mass is 10.2. The first-order chi connectivity index (χ1) is 16.6. The van der Waals surface area contributed by atoms with Crippen molar-refractivity contribution in [2.75, 3.05) is 31.8 Å². The first kappa shape index (κ1) is 24.6. The number of nitrogens with zero attached hydrogens (tertiary/aromatic N) is 3. The summed E-state index contributed by atoms with van der Waals surface area (Å²) in [5.74, 6) is 2.68. The van der Waals surface area contributed by atoms with Crippen LogP contribution in [-0.2, 0) is 16.1 Å². The molecule has 1 atom stereocenters. The third kappa shape index (κ3) is 6.77. The summed E-state index contributed by atoms with van der Waals surface area (Å²) >= 11 is 3.15. The molecule has 4 rings (SSSR count). The molecule has 1 unspecified atom stereocenters. The van der Waals surface area contributed by atoms with Gasteiger partial charge in [-0.3, -0.25) is 9.36 Å². The lowest BCUT2D eigenvalue weighted by Gasteiger charge is -2.15. The molecule has 0 aliphatic carbocycles. The Balaban J connectivity index is 1.34. The van der Waals surface area contributed by atoms with E-state index in [2.05, 4.69) is 51.3 Å². The Morgan fingerprint density at radius 2 is 1.94 bits per heavy atom. The molecule has 1 N–H and O–H groups in total. The third-order valence-corrected chi connectivity index (χ3v) is 7.50. The van der Waals surface area contributed by atoms with Crippen molar-refractivity contribution in [2.24, 2.45) is 0 Å². The molecular weight excluding hydrogens is 468 g/mol. The number of aryl methyl sites for hydroxylation is 1. The van der Waals surface area contributed by atoms with Crippen LogP contribution in [0.25, 0.3) is 11.4 Å². The Morgan fingerprint density at radius 1 is 1.15 bits per heavy atom. The van der Waals surface area contributed by atoms with Crippen molar-refractivity contribution in [3.05, 3.63) is 54.1 Å². The Kier molecular flexibility index (Phi) is 8.90. The second kappa shape index (κ2) is 12.3. The minimum Gasteiger partial charge on any atom is -0.497 e. The Morgan fingerprint density at radius 3 is 2.65 bits per heavy atom. The van der Waals surface area contributed by atoms with E-state index >= 15 is 0 Å². The minimum absolute atomic E-state index is 0.00725. The molecule has 1 aromatic heterocycles. The summed E-state index contributed by atoms with van der Waals surface area (Å²) in [4.78, 5) is 13.6. The average molecular weight is 499 g/mol. The van der Waals surface area contributed by atoms with E-state index in [9.17, 15) is 4.79 Å². The normalized spacial score (nSPS) is 15.4. The molecule has 3 aromatic rings. The fourth-order valence-corrected chi connectivity index (χ4v) is 5.23. The SMILES string of the molecule is COc1ccc(-c2nnc(SCC(=O)NCCSc3ccc(C)cc3)n2CC2CCCO2)cc1. The molecule has 1 aliphatic heterocycles. The van der Waals surface area contributed by atoms with E-state index in [0.29, 0.717) is 18.8 Å². The second-order valence-electron chi connectivity index (χ2n) is 8.08. The number of carbonyl (C=O) groups is 1. The number of ether oxygens (including phenoxy) is 2. The van der Waals surface area contributed by atoms with Crippen LogP contribution < -0.4 is 10.1 Å². The van der Waals surface area contributed by atoms with Crippen LogP contribution >= 0.6 is 23.5 Å². The minimum atomic E-state index is -0.00725. The van der Waals surface area contributed by atoms with Crippen molar-refractivity contribution < 1.29 is 14.3 Å². The van der Waals surface area contributed by atoms with Gasteiger partial charge in [0, 0.05) is 29.4 Å². The fourth-order valence-electron chi connectivity index (χ4n) is 3.68. The van der Waals surface area contributed by atoms with Crippen LogP contribution in [0.4, 0.5) is 0 Å². The summed E-state index contributed by atoms with van der Waals surface area (Å²) < 4.78 is 13.2. The van der Waals surface area contributed by atoms with E-state index in [0.717, 1.165) is 47.5 Å². The highest BCUT2D eigenvalue weighted by Gasteiger charge is 2.22. The van der Waals surface area contributed by atoms with Crippen molar-refractivity contribution in [3.63, 3.8) is 0 Å². The second-order valence-corrected chi connectivity index (χ2v) is 10.2. The molecular formula is C25H30N4O3S2. The first-order valence-electron chi connectivity index (χ1n) is 11.4. The maximum atomic E-state index is 12.4. The topological polar surface area (TPSA) is 78.3 Å². The van der Waals surface area contributed by atoms with Crippen LogP contribution in [0.5, 0.6) is 5.75 Å². The summed E-state index contributed by atoms with van der Waals surface area (Å²) in [7, 11) is 1.65. The van der Waals surface area contributed by atoms with Crippen LogP contribution in [0.1, 0.15) is 18.4 Å². The number of carbonyl (C=O) groups excluding carboxylic acids is 1. The molecule has 0 bridgehead atoms. The van der Waals surface area contributed by atoms with Gasteiger partial charge in [0.1, 0.15) is 5.75 Å². The number of thioether (sulfide) groups is 2. The lowest BCUT2D eigenvalue weighted by Crippen LogP contribution is -2.27. The molecule has 34 heavy (non-hydrogen) atoms. The van der Waals surface area contributed by atoms with Gasteiger partial charge in [-0.1, -0.05) is 29.5 Å². The molecule has 0 spiro atoms. The van der Waals surface area contributed by atoms with Crippen LogP contribution in [0.3, 0.4) is 0 Å². The van der Waals surface area contributed by atoms with Gasteiger partial charge < -0.3 is 14.8 Å². The number of benzene rings is 2. The lowest BCUT2D eigenvalue weighted by molar-refractivity contribution is -0.118. The van der Waals surface area contributed by atoms with Gasteiger partial charge in [-0.25, -0.2) is 0 Å². The van der Waals surface area contributed by atoms with Crippen LogP contribution in [-0.4, -0.2) is 58.5 Å². The molecule has 180 valence electrons. The predicted octanol–water partition coefficient (Wildman–Crippen LogP) is 4.44. The van der Waals surface area contributed by atoms with Gasteiger partial charge in [0.2, 0.25) is 5.91 Å². The molecule has 0 saturated carbocycles. The molecule has 2 aromatic carbocycles. The molecule has 7 nitrogen and oxygen atoms in total. The van der Waals surface area contributed by atoms with E-state index in [4.69, 9.17) is 9.47 Å². The monoisotopic (exact) mass is 498 g/mol. The fraction of sp³-hybridized carbons (Fsp3) is 0.400. The average Bonchev–Trinajstić information content (AvgIpc) is 3.52. The highest BCUT2D eigenvalue weighted by Crippen LogP contribution is 2.27. The highest BCUT2D eigenvalue weighted by molar-refractivity contribution is 7.99. The van der Waals surface area contributed by atoms with E-state index in [1.807, 2.05) is 24.3 Å². The van der Waals surface area contributed by atoms with Gasteiger partial charge in [0.15, 0.2) is 11.0 Å². The Hall–Kier alpha value is -2.49. The van der Waals surface area contributed by atoms with Gasteiger partial charge in [-0.15, -0.1) is 22.0 Å². The number of hydrogen-bond acceptors (Lipinski definition) is 7. The largest absolute Gasteiger partial charge is 0.497 e. The molecule has 1 saturated heterocycles. The van der Waals surface area contributed by atoms with E-state index in [-0.39, 0.29) is 12.0 Å². The summed E-state index contributed by atoms with van der Waals surface area (Å²) in [5.41, 5.74) is 2.20. The molecule has 2 heterocycles. The van der Waals surface area contributed by atoms with Crippen molar-refractivity contribution in [1.29, 1.82) is 0 Å². The van der Waals surface area contributed by atoms with Gasteiger partial charge in [-0.2, -0.15) is 0 Å². The highest BCUT2D eigenvalue weighted by atomic mass is 32.2. The number of hydrogen-bond donors (Lipinski definition) is 1. The Bertz CT molecular complexity index is 1060.